The van der Waals surface area contributed by atoms with Gasteiger partial charge < -0.3 is 9.47 Å². The fourth-order valence-corrected chi connectivity index (χ4v) is 8.09. The fourth-order valence-electron chi connectivity index (χ4n) is 8.09. The van der Waals surface area contributed by atoms with Crippen LogP contribution in [0.1, 0.15) is 26.3 Å². The van der Waals surface area contributed by atoms with E-state index in [2.05, 4.69) is 230 Å². The summed E-state index contributed by atoms with van der Waals surface area (Å²) in [7, 11) is 0. The number of aromatic nitrogens is 1. The lowest BCUT2D eigenvalue weighted by Gasteiger charge is -2.36. The third-order valence-electron chi connectivity index (χ3n) is 10.5. The summed E-state index contributed by atoms with van der Waals surface area (Å²) in [5, 5.41) is 2.48. The van der Waals surface area contributed by atoms with Crippen LogP contribution in [-0.4, -0.2) is 4.57 Å². The lowest BCUT2D eigenvalue weighted by Crippen LogP contribution is -2.21. The molecule has 8 aromatic carbocycles. The highest BCUT2D eigenvalue weighted by atomic mass is 15.2. The second-order valence-electron chi connectivity index (χ2n) is 15.0. The van der Waals surface area contributed by atoms with Crippen LogP contribution in [0.3, 0.4) is 0 Å². The number of nitrogens with zero attached hydrogens (tertiary/aromatic N) is 2. The summed E-state index contributed by atoms with van der Waals surface area (Å²) in [5.74, 6) is 0. The number of fused-ring (bicyclic) bond motifs is 3. The highest BCUT2D eigenvalue weighted by molar-refractivity contribution is 6.10. The zero-order valence-electron chi connectivity index (χ0n) is 30.9. The quantitative estimate of drug-likeness (QED) is 0.161. The number of rotatable bonds is 7. The molecular weight excluding hydrogens is 653 g/mol. The molecule has 0 amide bonds. The smallest absolute Gasteiger partial charge is 0.0583 e. The Morgan fingerprint density at radius 3 is 1.50 bits per heavy atom. The summed E-state index contributed by atoms with van der Waals surface area (Å²) >= 11 is 0. The molecule has 0 bridgehead atoms. The molecule has 0 fully saturated rings. The molecule has 0 N–H and O–H groups in total. The average Bonchev–Trinajstić information content (AvgIpc) is 3.55. The first-order valence-corrected chi connectivity index (χ1v) is 18.8. The van der Waals surface area contributed by atoms with E-state index in [4.69, 9.17) is 0 Å². The minimum absolute atomic E-state index is 0.212. The lowest BCUT2D eigenvalue weighted by atomic mass is 9.78. The van der Waals surface area contributed by atoms with Crippen LogP contribution in [-0.2, 0) is 5.41 Å². The molecule has 54 heavy (non-hydrogen) atoms. The van der Waals surface area contributed by atoms with Crippen molar-refractivity contribution in [3.8, 4) is 39.1 Å². The van der Waals surface area contributed by atoms with Crippen LogP contribution in [0.15, 0.2) is 200 Å². The van der Waals surface area contributed by atoms with Crippen molar-refractivity contribution in [2.45, 2.75) is 26.2 Å². The Labute approximate surface area is 318 Å². The molecule has 0 spiro atoms. The van der Waals surface area contributed by atoms with Gasteiger partial charge in [-0.05, 0) is 81.3 Å². The Morgan fingerprint density at radius 1 is 0.389 bits per heavy atom. The maximum Gasteiger partial charge on any atom is 0.0583 e. The number of para-hydroxylation sites is 2. The standard InChI is InChI=1S/C52H42N2/c1-52(2,3)50-44(39-20-10-5-11-21-39)34-35-45(40-22-12-6-13-23-40)51(50)53(42-30-28-38(29-31-42)37-18-8-4-9-19-37)43-32-33-47-46-26-16-17-27-48(46)54(49(47)36-43)41-24-14-7-15-25-41/h4-36H,1-3H3. The van der Waals surface area contributed by atoms with Gasteiger partial charge in [0.2, 0.25) is 0 Å². The molecule has 0 radical (unpaired) electrons. The van der Waals surface area contributed by atoms with Crippen molar-refractivity contribution >= 4 is 38.9 Å². The highest BCUT2D eigenvalue weighted by Crippen LogP contribution is 2.51. The second-order valence-corrected chi connectivity index (χ2v) is 15.0. The zero-order valence-corrected chi connectivity index (χ0v) is 30.9. The molecule has 0 aliphatic rings. The van der Waals surface area contributed by atoms with Crippen LogP contribution in [0.5, 0.6) is 0 Å². The predicted octanol–water partition coefficient (Wildman–Crippen LogP) is 14.6. The Morgan fingerprint density at radius 2 is 0.870 bits per heavy atom. The van der Waals surface area contributed by atoms with Gasteiger partial charge in [0.25, 0.3) is 0 Å². The largest absolute Gasteiger partial charge is 0.309 e. The molecular formula is C52H42N2. The summed E-state index contributed by atoms with van der Waals surface area (Å²) < 4.78 is 2.41. The molecule has 0 aliphatic carbocycles. The van der Waals surface area contributed by atoms with Gasteiger partial charge in [-0.2, -0.15) is 0 Å². The van der Waals surface area contributed by atoms with Crippen molar-refractivity contribution in [3.63, 3.8) is 0 Å². The first-order valence-electron chi connectivity index (χ1n) is 18.8. The third-order valence-corrected chi connectivity index (χ3v) is 10.5. The molecule has 1 aromatic heterocycles. The van der Waals surface area contributed by atoms with Crippen LogP contribution in [0.2, 0.25) is 0 Å². The van der Waals surface area contributed by atoms with E-state index in [1.165, 1.54) is 66.4 Å². The monoisotopic (exact) mass is 694 g/mol. The van der Waals surface area contributed by atoms with Crippen LogP contribution in [0.4, 0.5) is 17.1 Å². The molecule has 1 heterocycles. The second kappa shape index (κ2) is 13.7. The van der Waals surface area contributed by atoms with Gasteiger partial charge in [0.15, 0.2) is 0 Å². The van der Waals surface area contributed by atoms with Crippen LogP contribution in [0, 0.1) is 0 Å². The number of hydrogen-bond donors (Lipinski definition) is 0. The molecule has 0 saturated carbocycles. The van der Waals surface area contributed by atoms with Gasteiger partial charge in [0, 0.05) is 33.4 Å². The zero-order chi connectivity index (χ0) is 36.6. The summed E-state index contributed by atoms with van der Waals surface area (Å²) in [4.78, 5) is 2.51. The molecule has 9 rings (SSSR count). The molecule has 0 saturated heterocycles. The topological polar surface area (TPSA) is 8.17 Å². The van der Waals surface area contributed by atoms with E-state index in [1.807, 2.05) is 0 Å². The minimum atomic E-state index is -0.212. The van der Waals surface area contributed by atoms with Gasteiger partial charge in [-0.25, -0.2) is 0 Å². The van der Waals surface area contributed by atoms with Crippen molar-refractivity contribution in [2.75, 3.05) is 4.90 Å². The Balaban J connectivity index is 1.39. The van der Waals surface area contributed by atoms with E-state index >= 15 is 0 Å². The van der Waals surface area contributed by atoms with Crippen LogP contribution < -0.4 is 4.90 Å². The Kier molecular flexibility index (Phi) is 8.44. The van der Waals surface area contributed by atoms with Gasteiger partial charge in [-0.3, -0.25) is 0 Å². The van der Waals surface area contributed by atoms with Gasteiger partial charge in [-0.15, -0.1) is 0 Å². The summed E-state index contributed by atoms with van der Waals surface area (Å²) in [6, 6.07) is 72.6. The van der Waals surface area contributed by atoms with E-state index in [9.17, 15) is 0 Å². The molecule has 2 heteroatoms. The average molecular weight is 695 g/mol. The number of anilines is 3. The van der Waals surface area contributed by atoms with Gasteiger partial charge in [-0.1, -0.05) is 178 Å². The normalized spacial score (nSPS) is 11.6. The molecule has 9 aromatic rings. The van der Waals surface area contributed by atoms with E-state index < -0.39 is 0 Å². The Hall–Kier alpha value is -6.64. The molecule has 0 aliphatic heterocycles. The van der Waals surface area contributed by atoms with Gasteiger partial charge in [0.05, 0.1) is 16.7 Å². The molecule has 0 unspecified atom stereocenters. The van der Waals surface area contributed by atoms with Crippen molar-refractivity contribution < 1.29 is 0 Å². The third kappa shape index (κ3) is 5.96. The van der Waals surface area contributed by atoms with Gasteiger partial charge in [0.1, 0.15) is 0 Å². The van der Waals surface area contributed by atoms with E-state index in [-0.39, 0.29) is 5.41 Å². The van der Waals surface area contributed by atoms with Crippen molar-refractivity contribution in [2.24, 2.45) is 0 Å². The molecule has 260 valence electrons. The summed E-state index contributed by atoms with van der Waals surface area (Å²) in [6.45, 7) is 7.04. The lowest BCUT2D eigenvalue weighted by molar-refractivity contribution is 0.593. The van der Waals surface area contributed by atoms with Crippen molar-refractivity contribution in [3.05, 3.63) is 206 Å². The predicted molar refractivity (Wildman–Crippen MR) is 230 cm³/mol. The van der Waals surface area contributed by atoms with Crippen molar-refractivity contribution in [1.82, 2.24) is 4.57 Å². The highest BCUT2D eigenvalue weighted by Gasteiger charge is 2.30. The van der Waals surface area contributed by atoms with Crippen molar-refractivity contribution in [1.29, 1.82) is 0 Å². The first-order chi connectivity index (χ1) is 26.5. The number of hydrogen-bond acceptors (Lipinski definition) is 1. The minimum Gasteiger partial charge on any atom is -0.309 e. The molecule has 0 atom stereocenters. The number of benzene rings is 8. The van der Waals surface area contributed by atoms with Gasteiger partial charge >= 0.3 is 0 Å². The maximum absolute atomic E-state index is 2.51. The van der Waals surface area contributed by atoms with Crippen LogP contribution in [0.25, 0.3) is 60.9 Å². The summed E-state index contributed by atoms with van der Waals surface area (Å²) in [6.07, 6.45) is 0. The van der Waals surface area contributed by atoms with Crippen LogP contribution >= 0.6 is 0 Å². The van der Waals surface area contributed by atoms with E-state index in [1.54, 1.807) is 0 Å². The van der Waals surface area contributed by atoms with E-state index in [0.717, 1.165) is 17.1 Å². The first kappa shape index (κ1) is 33.2. The SMILES string of the molecule is CC(C)(C)c1c(-c2ccccc2)ccc(-c2ccccc2)c1N(c1ccc(-c2ccccc2)cc1)c1ccc2c3ccccc3n(-c3ccccc3)c2c1. The molecule has 2 nitrogen and oxygen atoms in total. The maximum atomic E-state index is 2.51. The fraction of sp³-hybridized carbons (Fsp3) is 0.0769. The van der Waals surface area contributed by atoms with E-state index in [0.29, 0.717) is 0 Å². The summed E-state index contributed by atoms with van der Waals surface area (Å²) in [5.41, 5.74) is 15.2. The Bertz CT molecular complexity index is 2700.